The second-order valence-electron chi connectivity index (χ2n) is 4.92. The summed E-state index contributed by atoms with van der Waals surface area (Å²) in [5.41, 5.74) is 7.40. The Labute approximate surface area is 120 Å². The molecule has 0 aromatic heterocycles. The maximum Gasteiger partial charge on any atom is 0.241 e. The van der Waals surface area contributed by atoms with E-state index in [1.807, 2.05) is 31.2 Å². The summed E-state index contributed by atoms with van der Waals surface area (Å²) < 4.78 is 0. The van der Waals surface area contributed by atoms with E-state index in [0.717, 1.165) is 12.0 Å². The Morgan fingerprint density at radius 3 is 2.60 bits per heavy atom. The van der Waals surface area contributed by atoms with Gasteiger partial charge in [0.25, 0.3) is 0 Å². The van der Waals surface area contributed by atoms with E-state index in [9.17, 15) is 9.59 Å². The van der Waals surface area contributed by atoms with Gasteiger partial charge in [-0.3, -0.25) is 9.59 Å². The lowest BCUT2D eigenvalue weighted by atomic mass is 10.1. The van der Waals surface area contributed by atoms with Crippen LogP contribution in [0, 0.1) is 0 Å². The van der Waals surface area contributed by atoms with E-state index in [2.05, 4.69) is 5.32 Å². The molecule has 0 saturated heterocycles. The van der Waals surface area contributed by atoms with Gasteiger partial charge in [0.15, 0.2) is 0 Å². The molecule has 2 amide bonds. The second-order valence-corrected chi connectivity index (χ2v) is 4.92. The quantitative estimate of drug-likeness (QED) is 0.831. The zero-order valence-electron chi connectivity index (χ0n) is 12.3. The molecule has 0 radical (unpaired) electrons. The van der Waals surface area contributed by atoms with Crippen molar-refractivity contribution in [3.8, 4) is 0 Å². The molecule has 0 saturated carbocycles. The average Bonchev–Trinajstić information content (AvgIpc) is 2.40. The number of rotatable bonds is 6. The van der Waals surface area contributed by atoms with Crippen LogP contribution in [-0.2, 0) is 16.1 Å². The highest BCUT2D eigenvalue weighted by Crippen LogP contribution is 2.17. The third-order valence-electron chi connectivity index (χ3n) is 3.16. The minimum Gasteiger partial charge on any atom is -0.342 e. The highest BCUT2D eigenvalue weighted by atomic mass is 16.2. The third-order valence-corrected chi connectivity index (χ3v) is 3.16. The summed E-state index contributed by atoms with van der Waals surface area (Å²) >= 11 is 0. The van der Waals surface area contributed by atoms with E-state index in [1.165, 1.54) is 6.92 Å². The van der Waals surface area contributed by atoms with Crippen LogP contribution in [0.5, 0.6) is 0 Å². The third kappa shape index (κ3) is 4.66. The zero-order valence-corrected chi connectivity index (χ0v) is 12.3. The second kappa shape index (κ2) is 7.65. The molecule has 1 atom stereocenters. The zero-order chi connectivity index (χ0) is 15.1. The van der Waals surface area contributed by atoms with Crippen LogP contribution in [-0.4, -0.2) is 29.8 Å². The number of nitrogens with zero attached hydrogens (tertiary/aromatic N) is 1. The van der Waals surface area contributed by atoms with Crippen molar-refractivity contribution >= 4 is 17.5 Å². The molecular formula is C15H23N3O2. The topological polar surface area (TPSA) is 75.4 Å². The molecule has 1 aromatic carbocycles. The summed E-state index contributed by atoms with van der Waals surface area (Å²) in [6.45, 7) is 3.95. The molecule has 110 valence electrons. The number of nitrogens with one attached hydrogen (secondary N) is 1. The fraction of sp³-hybridized carbons (Fsp3) is 0.467. The summed E-state index contributed by atoms with van der Waals surface area (Å²) in [4.78, 5) is 24.8. The number of nitrogens with two attached hydrogens (primary N) is 1. The number of hydrogen-bond donors (Lipinski definition) is 2. The van der Waals surface area contributed by atoms with E-state index >= 15 is 0 Å². The highest BCUT2D eigenvalue weighted by molar-refractivity contribution is 5.95. The van der Waals surface area contributed by atoms with Crippen LogP contribution in [0.25, 0.3) is 0 Å². The SMILES string of the molecule is CCC[C@@H](N)C(=O)Nc1ccccc1CN(C)C(C)=O. The summed E-state index contributed by atoms with van der Waals surface area (Å²) in [6.07, 6.45) is 1.52. The summed E-state index contributed by atoms with van der Waals surface area (Å²) in [5, 5.41) is 2.84. The smallest absolute Gasteiger partial charge is 0.241 e. The maximum atomic E-state index is 12.0. The Bertz CT molecular complexity index is 474. The van der Waals surface area contributed by atoms with E-state index in [1.54, 1.807) is 11.9 Å². The first kappa shape index (κ1) is 16.2. The van der Waals surface area contributed by atoms with Crippen molar-refractivity contribution in [2.45, 2.75) is 39.3 Å². The number of anilines is 1. The molecule has 3 N–H and O–H groups in total. The van der Waals surface area contributed by atoms with Crippen molar-refractivity contribution in [2.24, 2.45) is 5.73 Å². The molecule has 0 heterocycles. The van der Waals surface area contributed by atoms with Crippen molar-refractivity contribution in [3.05, 3.63) is 29.8 Å². The van der Waals surface area contributed by atoms with Gasteiger partial charge < -0.3 is 16.0 Å². The van der Waals surface area contributed by atoms with Gasteiger partial charge in [0.1, 0.15) is 0 Å². The highest BCUT2D eigenvalue weighted by Gasteiger charge is 2.14. The normalized spacial score (nSPS) is 11.8. The molecule has 5 heteroatoms. The Morgan fingerprint density at radius 1 is 1.35 bits per heavy atom. The number of amides is 2. The van der Waals surface area contributed by atoms with Crippen molar-refractivity contribution in [1.82, 2.24) is 4.90 Å². The minimum absolute atomic E-state index is 0.0196. The molecule has 0 aliphatic rings. The van der Waals surface area contributed by atoms with Crippen LogP contribution >= 0.6 is 0 Å². The van der Waals surface area contributed by atoms with E-state index in [4.69, 9.17) is 5.73 Å². The van der Waals surface area contributed by atoms with Crippen molar-refractivity contribution in [3.63, 3.8) is 0 Å². The van der Waals surface area contributed by atoms with Crippen molar-refractivity contribution in [2.75, 3.05) is 12.4 Å². The Morgan fingerprint density at radius 2 is 2.00 bits per heavy atom. The van der Waals surface area contributed by atoms with Crippen LogP contribution in [0.2, 0.25) is 0 Å². The van der Waals surface area contributed by atoms with Crippen LogP contribution in [0.4, 0.5) is 5.69 Å². The molecule has 1 rings (SSSR count). The number of carbonyl (C=O) groups excluding carboxylic acids is 2. The molecule has 0 aliphatic heterocycles. The lowest BCUT2D eigenvalue weighted by molar-refractivity contribution is -0.128. The Balaban J connectivity index is 2.80. The Hall–Kier alpha value is -1.88. The van der Waals surface area contributed by atoms with Crippen LogP contribution < -0.4 is 11.1 Å². The van der Waals surface area contributed by atoms with E-state index in [-0.39, 0.29) is 11.8 Å². The maximum absolute atomic E-state index is 12.0. The van der Waals surface area contributed by atoms with Gasteiger partial charge in [0.2, 0.25) is 11.8 Å². The monoisotopic (exact) mass is 277 g/mol. The first-order valence-corrected chi connectivity index (χ1v) is 6.81. The number of para-hydroxylation sites is 1. The number of carbonyl (C=O) groups is 2. The fourth-order valence-corrected chi connectivity index (χ4v) is 1.81. The van der Waals surface area contributed by atoms with E-state index < -0.39 is 6.04 Å². The van der Waals surface area contributed by atoms with Crippen LogP contribution in [0.3, 0.4) is 0 Å². The molecule has 0 aliphatic carbocycles. The molecule has 0 unspecified atom stereocenters. The fourth-order valence-electron chi connectivity index (χ4n) is 1.81. The summed E-state index contributed by atoms with van der Waals surface area (Å²) in [5.74, 6) is -0.210. The van der Waals surface area contributed by atoms with Gasteiger partial charge in [-0.15, -0.1) is 0 Å². The number of hydrogen-bond acceptors (Lipinski definition) is 3. The van der Waals surface area contributed by atoms with Crippen LogP contribution in [0.15, 0.2) is 24.3 Å². The summed E-state index contributed by atoms with van der Waals surface area (Å²) in [7, 11) is 1.73. The van der Waals surface area contributed by atoms with E-state index in [0.29, 0.717) is 18.7 Å². The van der Waals surface area contributed by atoms with Gasteiger partial charge in [-0.05, 0) is 18.1 Å². The predicted molar refractivity (Wildman–Crippen MR) is 80.1 cm³/mol. The lowest BCUT2D eigenvalue weighted by Gasteiger charge is -2.19. The largest absolute Gasteiger partial charge is 0.342 e. The molecule has 0 fully saturated rings. The van der Waals surface area contributed by atoms with Crippen molar-refractivity contribution in [1.29, 1.82) is 0 Å². The first-order chi connectivity index (χ1) is 9.45. The van der Waals surface area contributed by atoms with Gasteiger partial charge in [-0.25, -0.2) is 0 Å². The minimum atomic E-state index is -0.501. The van der Waals surface area contributed by atoms with Gasteiger partial charge >= 0.3 is 0 Å². The number of benzene rings is 1. The average molecular weight is 277 g/mol. The molecule has 0 spiro atoms. The Kier molecular flexibility index (Phi) is 6.18. The molecule has 5 nitrogen and oxygen atoms in total. The lowest BCUT2D eigenvalue weighted by Crippen LogP contribution is -2.35. The van der Waals surface area contributed by atoms with Gasteiger partial charge in [0, 0.05) is 26.2 Å². The van der Waals surface area contributed by atoms with Crippen LogP contribution in [0.1, 0.15) is 32.3 Å². The first-order valence-electron chi connectivity index (χ1n) is 6.81. The van der Waals surface area contributed by atoms with Gasteiger partial charge in [-0.2, -0.15) is 0 Å². The molecule has 0 bridgehead atoms. The van der Waals surface area contributed by atoms with Gasteiger partial charge in [0.05, 0.1) is 6.04 Å². The summed E-state index contributed by atoms with van der Waals surface area (Å²) in [6, 6.07) is 6.93. The molecule has 1 aromatic rings. The molecular weight excluding hydrogens is 254 g/mol. The predicted octanol–water partition coefficient (Wildman–Crippen LogP) is 1.73. The van der Waals surface area contributed by atoms with Crippen molar-refractivity contribution < 1.29 is 9.59 Å². The van der Waals surface area contributed by atoms with Gasteiger partial charge in [-0.1, -0.05) is 31.5 Å². The molecule has 20 heavy (non-hydrogen) atoms. The standard InChI is InChI=1S/C15H23N3O2/c1-4-7-13(16)15(20)17-14-9-6-5-8-12(14)10-18(3)11(2)19/h5-6,8-9,13H,4,7,10,16H2,1-3H3,(H,17,20)/t13-/m1/s1.